The molecule has 0 aliphatic carbocycles. The zero-order valence-corrected chi connectivity index (χ0v) is 17.7. The maximum Gasteiger partial charge on any atom is 0.236 e. The number of likely N-dealkylation sites (tertiary alicyclic amines) is 1. The van der Waals surface area contributed by atoms with Gasteiger partial charge in [0.25, 0.3) is 0 Å². The van der Waals surface area contributed by atoms with Gasteiger partial charge in [0.1, 0.15) is 5.82 Å². The van der Waals surface area contributed by atoms with Gasteiger partial charge in [-0.15, -0.1) is 0 Å². The van der Waals surface area contributed by atoms with E-state index in [0.717, 1.165) is 37.1 Å². The molecule has 1 heterocycles. The molecular formula is C24H30FN3O2. The molecule has 1 aliphatic heterocycles. The summed E-state index contributed by atoms with van der Waals surface area (Å²) in [5.41, 5.74) is 2.50. The van der Waals surface area contributed by atoms with E-state index in [0.29, 0.717) is 25.3 Å². The van der Waals surface area contributed by atoms with Gasteiger partial charge in [-0.25, -0.2) is 4.39 Å². The summed E-state index contributed by atoms with van der Waals surface area (Å²) >= 11 is 0. The van der Waals surface area contributed by atoms with E-state index in [1.54, 1.807) is 12.1 Å². The van der Waals surface area contributed by atoms with Gasteiger partial charge in [0.05, 0.1) is 12.5 Å². The van der Waals surface area contributed by atoms with Gasteiger partial charge in [0.15, 0.2) is 0 Å². The third-order valence-corrected chi connectivity index (χ3v) is 5.71. The van der Waals surface area contributed by atoms with E-state index < -0.39 is 0 Å². The molecule has 0 unspecified atom stereocenters. The number of rotatable bonds is 7. The first-order chi connectivity index (χ1) is 14.5. The molecule has 6 heteroatoms. The summed E-state index contributed by atoms with van der Waals surface area (Å²) in [5, 5.41) is 2.99. The third-order valence-electron chi connectivity index (χ3n) is 5.71. The molecule has 5 nitrogen and oxygen atoms in total. The van der Waals surface area contributed by atoms with E-state index in [-0.39, 0.29) is 23.5 Å². The molecule has 0 spiro atoms. The fraction of sp³-hybridized carbons (Fsp3) is 0.417. The van der Waals surface area contributed by atoms with Crippen LogP contribution in [-0.2, 0) is 9.59 Å². The molecule has 2 amide bonds. The Morgan fingerprint density at radius 1 is 1.10 bits per heavy atom. The van der Waals surface area contributed by atoms with Crippen molar-refractivity contribution < 1.29 is 14.0 Å². The Balaban J connectivity index is 1.62. The second-order valence-electron chi connectivity index (χ2n) is 7.72. The van der Waals surface area contributed by atoms with E-state index in [1.807, 2.05) is 43.0 Å². The molecule has 0 aromatic heterocycles. The molecule has 2 aromatic rings. The lowest BCUT2D eigenvalue weighted by Gasteiger charge is -2.33. The van der Waals surface area contributed by atoms with Crippen LogP contribution in [0.1, 0.15) is 26.7 Å². The van der Waals surface area contributed by atoms with Crippen molar-refractivity contribution in [3.63, 3.8) is 0 Å². The van der Waals surface area contributed by atoms with Crippen LogP contribution in [0.4, 0.5) is 10.1 Å². The highest BCUT2D eigenvalue weighted by Crippen LogP contribution is 2.24. The standard InChI is InChI=1S/C24H30FN3O2/c1-3-27(4-2)17-23(29)28-14-6-8-20(16-28)24(30)26-22-9-5-7-19(15-22)18-10-12-21(25)13-11-18/h5,7,9-13,15,20H,3-4,6,8,14,16-17H2,1-2H3,(H,26,30)/t20-/m0/s1. The molecule has 3 rings (SSSR count). The normalized spacial score (nSPS) is 16.5. The van der Waals surface area contributed by atoms with Gasteiger partial charge in [-0.2, -0.15) is 0 Å². The largest absolute Gasteiger partial charge is 0.341 e. The molecule has 1 fully saturated rings. The average molecular weight is 412 g/mol. The van der Waals surface area contributed by atoms with Crippen LogP contribution in [0.25, 0.3) is 11.1 Å². The Morgan fingerprint density at radius 2 is 1.83 bits per heavy atom. The zero-order valence-electron chi connectivity index (χ0n) is 17.7. The van der Waals surface area contributed by atoms with Crippen molar-refractivity contribution in [1.82, 2.24) is 9.80 Å². The van der Waals surface area contributed by atoms with Crippen molar-refractivity contribution in [2.75, 3.05) is 38.0 Å². The second-order valence-corrected chi connectivity index (χ2v) is 7.72. The number of nitrogens with zero attached hydrogens (tertiary/aromatic N) is 2. The van der Waals surface area contributed by atoms with Crippen molar-refractivity contribution >= 4 is 17.5 Å². The topological polar surface area (TPSA) is 52.7 Å². The number of benzene rings is 2. The van der Waals surface area contributed by atoms with E-state index in [4.69, 9.17) is 0 Å². The third kappa shape index (κ3) is 5.66. The number of nitrogens with one attached hydrogen (secondary N) is 1. The number of carbonyl (C=O) groups excluding carboxylic acids is 2. The molecular weight excluding hydrogens is 381 g/mol. The van der Waals surface area contributed by atoms with Crippen molar-refractivity contribution in [1.29, 1.82) is 0 Å². The number of hydrogen-bond acceptors (Lipinski definition) is 3. The van der Waals surface area contributed by atoms with E-state index in [2.05, 4.69) is 10.2 Å². The lowest BCUT2D eigenvalue weighted by Crippen LogP contribution is -2.47. The Labute approximate surface area is 177 Å². The first-order valence-electron chi connectivity index (χ1n) is 10.7. The molecule has 1 aliphatic rings. The SMILES string of the molecule is CCN(CC)CC(=O)N1CCC[C@H](C(=O)Nc2cccc(-c3ccc(F)cc3)c2)C1. The van der Waals surface area contributed by atoms with Gasteiger partial charge in [-0.05, 0) is 61.3 Å². The summed E-state index contributed by atoms with van der Waals surface area (Å²) in [6.45, 7) is 7.34. The minimum absolute atomic E-state index is 0.0633. The molecule has 30 heavy (non-hydrogen) atoms. The molecule has 0 bridgehead atoms. The minimum atomic E-state index is -0.277. The number of carbonyl (C=O) groups is 2. The molecule has 160 valence electrons. The Hall–Kier alpha value is -2.73. The van der Waals surface area contributed by atoms with Crippen molar-refractivity contribution in [3.8, 4) is 11.1 Å². The quantitative estimate of drug-likeness (QED) is 0.749. The average Bonchev–Trinajstić information content (AvgIpc) is 2.78. The van der Waals surface area contributed by atoms with Gasteiger partial charge in [0.2, 0.25) is 11.8 Å². The number of halogens is 1. The summed E-state index contributed by atoms with van der Waals surface area (Å²) in [6.07, 6.45) is 1.61. The van der Waals surface area contributed by atoms with Crippen LogP contribution < -0.4 is 5.32 Å². The predicted molar refractivity (Wildman–Crippen MR) is 118 cm³/mol. The summed E-state index contributed by atoms with van der Waals surface area (Å²) in [7, 11) is 0. The number of amides is 2. The van der Waals surface area contributed by atoms with Crippen LogP contribution in [0.5, 0.6) is 0 Å². The highest BCUT2D eigenvalue weighted by Gasteiger charge is 2.28. The van der Waals surface area contributed by atoms with Gasteiger partial charge >= 0.3 is 0 Å². The molecule has 1 saturated heterocycles. The van der Waals surface area contributed by atoms with Crippen molar-refractivity contribution in [2.45, 2.75) is 26.7 Å². The lowest BCUT2D eigenvalue weighted by atomic mass is 9.96. The molecule has 1 atom stereocenters. The van der Waals surface area contributed by atoms with Crippen LogP contribution >= 0.6 is 0 Å². The molecule has 2 aromatic carbocycles. The van der Waals surface area contributed by atoms with Crippen LogP contribution in [0.2, 0.25) is 0 Å². The van der Waals surface area contributed by atoms with Crippen molar-refractivity contribution in [2.24, 2.45) is 5.92 Å². The van der Waals surface area contributed by atoms with Crippen LogP contribution in [0.3, 0.4) is 0 Å². The van der Waals surface area contributed by atoms with Crippen LogP contribution in [0.15, 0.2) is 48.5 Å². The van der Waals surface area contributed by atoms with E-state index >= 15 is 0 Å². The highest BCUT2D eigenvalue weighted by atomic mass is 19.1. The summed E-state index contributed by atoms with van der Waals surface area (Å²) in [4.78, 5) is 29.4. The molecule has 0 saturated carbocycles. The Morgan fingerprint density at radius 3 is 2.53 bits per heavy atom. The molecule has 1 N–H and O–H groups in total. The smallest absolute Gasteiger partial charge is 0.236 e. The predicted octanol–water partition coefficient (Wildman–Crippen LogP) is 4.01. The summed E-state index contributed by atoms with van der Waals surface area (Å²) in [5.74, 6) is -0.462. The monoisotopic (exact) mass is 411 g/mol. The fourth-order valence-electron chi connectivity index (χ4n) is 3.82. The van der Waals surface area contributed by atoms with Gasteiger partial charge in [-0.3, -0.25) is 14.5 Å². The fourth-order valence-corrected chi connectivity index (χ4v) is 3.82. The number of likely N-dealkylation sites (N-methyl/N-ethyl adjacent to an activating group) is 1. The number of hydrogen-bond donors (Lipinski definition) is 1. The Bertz CT molecular complexity index is 865. The maximum atomic E-state index is 13.2. The van der Waals surface area contributed by atoms with Gasteiger partial charge in [0, 0.05) is 18.8 Å². The first kappa shape index (κ1) is 22.0. The number of anilines is 1. The summed E-state index contributed by atoms with van der Waals surface area (Å²) in [6, 6.07) is 13.8. The maximum absolute atomic E-state index is 13.2. The van der Waals surface area contributed by atoms with E-state index in [9.17, 15) is 14.0 Å². The summed E-state index contributed by atoms with van der Waals surface area (Å²) < 4.78 is 13.2. The second kappa shape index (κ2) is 10.3. The van der Waals surface area contributed by atoms with Crippen molar-refractivity contribution in [3.05, 3.63) is 54.3 Å². The van der Waals surface area contributed by atoms with Gasteiger partial charge < -0.3 is 10.2 Å². The Kier molecular flexibility index (Phi) is 7.57. The zero-order chi connectivity index (χ0) is 21.5. The van der Waals surface area contributed by atoms with Gasteiger partial charge in [-0.1, -0.05) is 38.1 Å². The molecule has 0 radical (unpaired) electrons. The minimum Gasteiger partial charge on any atom is -0.341 e. The highest BCUT2D eigenvalue weighted by molar-refractivity contribution is 5.94. The first-order valence-corrected chi connectivity index (χ1v) is 10.7. The van der Waals surface area contributed by atoms with Crippen LogP contribution in [0, 0.1) is 11.7 Å². The lowest BCUT2D eigenvalue weighted by molar-refractivity contribution is -0.135. The number of piperidine rings is 1. The van der Waals surface area contributed by atoms with E-state index in [1.165, 1.54) is 12.1 Å². The van der Waals surface area contributed by atoms with Crippen LogP contribution in [-0.4, -0.2) is 54.3 Å².